The molecule has 120 valence electrons. The molecule has 0 aliphatic heterocycles. The van der Waals surface area contributed by atoms with Crippen LogP contribution in [0.15, 0.2) is 11.7 Å². The van der Waals surface area contributed by atoms with Crippen molar-refractivity contribution in [1.82, 2.24) is 21.5 Å². The minimum absolute atomic E-state index is 0.118. The van der Waals surface area contributed by atoms with Gasteiger partial charge in [0, 0.05) is 19.2 Å². The lowest BCUT2D eigenvalue weighted by Crippen LogP contribution is -2.47. The molecule has 0 aliphatic carbocycles. The number of nitrogens with zero attached hydrogens (tertiary/aromatic N) is 1. The van der Waals surface area contributed by atoms with Gasteiger partial charge in [0.2, 0.25) is 0 Å². The van der Waals surface area contributed by atoms with E-state index in [0.717, 1.165) is 37.1 Å². The summed E-state index contributed by atoms with van der Waals surface area (Å²) in [4.78, 5) is 16.4. The van der Waals surface area contributed by atoms with E-state index in [1.807, 2.05) is 0 Å². The molecule has 0 saturated heterocycles. The molecule has 0 fully saturated rings. The smallest absolute Gasteiger partial charge is 0.306 e. The van der Waals surface area contributed by atoms with E-state index in [9.17, 15) is 4.79 Å². The molecule has 0 aromatic carbocycles. The Balaban J connectivity index is 1.82. The van der Waals surface area contributed by atoms with Crippen molar-refractivity contribution in [3.8, 4) is 0 Å². The lowest BCUT2D eigenvalue weighted by atomic mass is 10.1. The van der Waals surface area contributed by atoms with E-state index in [1.165, 1.54) is 24.2 Å². The number of nitrogens with two attached hydrogens (primary N) is 1. The van der Waals surface area contributed by atoms with Crippen molar-refractivity contribution in [2.45, 2.75) is 51.6 Å². The van der Waals surface area contributed by atoms with Crippen molar-refractivity contribution in [2.75, 3.05) is 6.54 Å². The minimum Gasteiger partial charge on any atom is -0.460 e. The van der Waals surface area contributed by atoms with E-state index in [2.05, 4.69) is 21.5 Å². The molecule has 1 aromatic heterocycles. The quantitative estimate of drug-likeness (QED) is 0.189. The van der Waals surface area contributed by atoms with Gasteiger partial charge < -0.3 is 4.74 Å². The Morgan fingerprint density at radius 1 is 1.24 bits per heavy atom. The summed E-state index contributed by atoms with van der Waals surface area (Å²) in [6, 6.07) is 0. The summed E-state index contributed by atoms with van der Waals surface area (Å²) in [5.41, 5.74) is 9.59. The van der Waals surface area contributed by atoms with Gasteiger partial charge in [0.15, 0.2) is 0 Å². The molecule has 0 amide bonds. The van der Waals surface area contributed by atoms with Crippen LogP contribution in [0.4, 0.5) is 0 Å². The number of ether oxygens (including phenoxy) is 1. The number of aromatic nitrogens is 1. The van der Waals surface area contributed by atoms with Crippen LogP contribution in [0, 0.1) is 0 Å². The second-order valence-corrected chi connectivity index (χ2v) is 5.67. The molecule has 0 spiro atoms. The molecular formula is C13H25N5O2S. The minimum atomic E-state index is -0.118. The van der Waals surface area contributed by atoms with Gasteiger partial charge in [-0.15, -0.1) is 11.3 Å². The number of hydrogen-bond donors (Lipinski definition) is 4. The summed E-state index contributed by atoms with van der Waals surface area (Å²) in [5, 5.41) is 0. The number of nitrogens with one attached hydrogen (secondary N) is 3. The van der Waals surface area contributed by atoms with Crippen LogP contribution in [-0.2, 0) is 16.1 Å². The number of thiazole rings is 1. The number of carbonyl (C=O) groups excluding carboxylic acids is 1. The molecule has 0 saturated carbocycles. The molecule has 1 rings (SSSR count). The molecule has 0 aliphatic rings. The normalized spacial score (nSPS) is 10.7. The van der Waals surface area contributed by atoms with Crippen molar-refractivity contribution in [3.05, 3.63) is 16.6 Å². The summed E-state index contributed by atoms with van der Waals surface area (Å²) in [6.45, 7) is 1.23. The Kier molecular flexibility index (Phi) is 10.8. The predicted molar refractivity (Wildman–Crippen MR) is 82.7 cm³/mol. The van der Waals surface area contributed by atoms with E-state index >= 15 is 0 Å². The van der Waals surface area contributed by atoms with E-state index in [4.69, 9.17) is 10.6 Å². The van der Waals surface area contributed by atoms with Gasteiger partial charge >= 0.3 is 5.97 Å². The standard InChI is InChI=1S/C13H25N5O2S/c14-17-18-16-8-6-4-2-1-3-5-7-13(19)20-10-12-9-15-11-21-12/h9,11,16-18H,1-8,10,14H2. The number of unbranched alkanes of at least 4 members (excludes halogenated alkanes) is 5. The van der Waals surface area contributed by atoms with Gasteiger partial charge in [-0.05, 0) is 12.8 Å². The molecule has 7 nitrogen and oxygen atoms in total. The molecule has 0 unspecified atom stereocenters. The fourth-order valence-electron chi connectivity index (χ4n) is 1.84. The highest BCUT2D eigenvalue weighted by Gasteiger charge is 2.04. The molecule has 1 aromatic rings. The van der Waals surface area contributed by atoms with Crippen molar-refractivity contribution in [2.24, 2.45) is 5.84 Å². The Morgan fingerprint density at radius 2 is 2.00 bits per heavy atom. The van der Waals surface area contributed by atoms with Crippen molar-refractivity contribution < 1.29 is 9.53 Å². The molecule has 21 heavy (non-hydrogen) atoms. The Bertz CT molecular complexity index is 361. The first-order valence-corrected chi connectivity index (χ1v) is 8.17. The molecule has 1 heterocycles. The number of esters is 1. The third kappa shape index (κ3) is 10.3. The molecule has 0 radical (unpaired) electrons. The highest BCUT2D eigenvalue weighted by molar-refractivity contribution is 7.09. The monoisotopic (exact) mass is 315 g/mol. The van der Waals surface area contributed by atoms with Crippen molar-refractivity contribution in [3.63, 3.8) is 0 Å². The lowest BCUT2D eigenvalue weighted by Gasteiger charge is -2.05. The first-order chi connectivity index (χ1) is 10.3. The maximum absolute atomic E-state index is 11.5. The number of hydrazine groups is 3. The van der Waals surface area contributed by atoms with Gasteiger partial charge in [-0.25, -0.2) is 5.43 Å². The topological polar surface area (TPSA) is 101 Å². The lowest BCUT2D eigenvalue weighted by molar-refractivity contribution is -0.145. The van der Waals surface area contributed by atoms with E-state index in [1.54, 1.807) is 11.7 Å². The van der Waals surface area contributed by atoms with Gasteiger partial charge in [-0.1, -0.05) is 25.7 Å². The van der Waals surface area contributed by atoms with E-state index in [-0.39, 0.29) is 5.97 Å². The highest BCUT2D eigenvalue weighted by atomic mass is 32.1. The summed E-state index contributed by atoms with van der Waals surface area (Å²) in [5.74, 6) is 4.92. The Hall–Kier alpha value is -1.06. The second-order valence-electron chi connectivity index (χ2n) is 4.70. The third-order valence-electron chi connectivity index (χ3n) is 2.95. The average molecular weight is 315 g/mol. The molecule has 5 N–H and O–H groups in total. The van der Waals surface area contributed by atoms with Crippen LogP contribution in [0.2, 0.25) is 0 Å². The SMILES string of the molecule is NNNNCCCCCCCCC(=O)OCc1cncs1. The van der Waals surface area contributed by atoms with Crippen molar-refractivity contribution >= 4 is 17.3 Å². The summed E-state index contributed by atoms with van der Waals surface area (Å²) >= 11 is 1.50. The van der Waals surface area contributed by atoms with Gasteiger partial charge in [-0.3, -0.25) is 15.6 Å². The molecule has 0 bridgehead atoms. The van der Waals surface area contributed by atoms with E-state index in [0.29, 0.717) is 13.0 Å². The van der Waals surface area contributed by atoms with Gasteiger partial charge in [0.1, 0.15) is 6.61 Å². The summed E-state index contributed by atoms with van der Waals surface area (Å²) < 4.78 is 5.17. The zero-order chi connectivity index (χ0) is 15.2. The number of hydrogen-bond acceptors (Lipinski definition) is 8. The first-order valence-electron chi connectivity index (χ1n) is 7.29. The maximum atomic E-state index is 11.5. The molecule has 0 atom stereocenters. The van der Waals surface area contributed by atoms with Crippen molar-refractivity contribution in [1.29, 1.82) is 0 Å². The number of rotatable bonds is 13. The first kappa shape index (κ1) is 18.0. The van der Waals surface area contributed by atoms with Crippen LogP contribution in [0.3, 0.4) is 0 Å². The van der Waals surface area contributed by atoms with Gasteiger partial charge in [0.05, 0.1) is 10.4 Å². The maximum Gasteiger partial charge on any atom is 0.306 e. The Morgan fingerprint density at radius 3 is 2.71 bits per heavy atom. The second kappa shape index (κ2) is 12.7. The van der Waals surface area contributed by atoms with Crippen LogP contribution in [0.25, 0.3) is 0 Å². The number of carbonyl (C=O) groups is 1. The zero-order valence-corrected chi connectivity index (χ0v) is 13.1. The van der Waals surface area contributed by atoms with E-state index < -0.39 is 0 Å². The molecule has 8 heteroatoms. The van der Waals surface area contributed by atoms with Crippen LogP contribution in [0.1, 0.15) is 49.8 Å². The zero-order valence-electron chi connectivity index (χ0n) is 12.3. The summed E-state index contributed by atoms with van der Waals surface area (Å²) in [6.07, 6.45) is 8.83. The molecular weight excluding hydrogens is 290 g/mol. The fourth-order valence-corrected chi connectivity index (χ4v) is 2.35. The summed E-state index contributed by atoms with van der Waals surface area (Å²) in [7, 11) is 0. The van der Waals surface area contributed by atoms with Gasteiger partial charge in [0.25, 0.3) is 0 Å². The van der Waals surface area contributed by atoms with Crippen LogP contribution in [0.5, 0.6) is 0 Å². The van der Waals surface area contributed by atoms with Crippen LogP contribution < -0.4 is 22.3 Å². The van der Waals surface area contributed by atoms with Crippen LogP contribution in [-0.4, -0.2) is 17.5 Å². The third-order valence-corrected chi connectivity index (χ3v) is 3.71. The van der Waals surface area contributed by atoms with Crippen LogP contribution >= 0.6 is 11.3 Å². The fraction of sp³-hybridized carbons (Fsp3) is 0.692. The van der Waals surface area contributed by atoms with Gasteiger partial charge in [-0.2, -0.15) is 11.1 Å². The highest BCUT2D eigenvalue weighted by Crippen LogP contribution is 2.10. The average Bonchev–Trinajstić information content (AvgIpc) is 3.00. The Labute approximate surface area is 129 Å². The predicted octanol–water partition coefficient (Wildman–Crippen LogP) is 1.39. The largest absolute Gasteiger partial charge is 0.460 e.